The average molecular weight is 452 g/mol. The molecule has 1 saturated heterocycles. The third kappa shape index (κ3) is 6.43. The number of nitrogens with one attached hydrogen (secondary N) is 2. The zero-order valence-electron chi connectivity index (χ0n) is 18.8. The van der Waals surface area contributed by atoms with Gasteiger partial charge in [0.2, 0.25) is 5.91 Å². The van der Waals surface area contributed by atoms with E-state index in [1.807, 2.05) is 20.8 Å². The Morgan fingerprint density at radius 1 is 1.16 bits per heavy atom. The quantitative estimate of drug-likeness (QED) is 0.644. The molecule has 0 aromatic carbocycles. The number of likely N-dealkylation sites (tertiary alicyclic amines) is 1. The number of hydrogen-bond acceptors (Lipinski definition) is 7. The highest BCUT2D eigenvalue weighted by atomic mass is 32.1. The Hall–Kier alpha value is -2.13. The molecule has 2 amide bonds. The predicted molar refractivity (Wildman–Crippen MR) is 120 cm³/mol. The van der Waals surface area contributed by atoms with E-state index < -0.39 is 11.7 Å². The molecule has 0 unspecified atom stereocenters. The van der Waals surface area contributed by atoms with Gasteiger partial charge in [-0.1, -0.05) is 0 Å². The molecular weight excluding hydrogens is 418 g/mol. The Balaban J connectivity index is 1.50. The Labute approximate surface area is 187 Å². The van der Waals surface area contributed by atoms with Gasteiger partial charge in [-0.3, -0.25) is 9.69 Å². The first-order valence-electron chi connectivity index (χ1n) is 11.0. The van der Waals surface area contributed by atoms with Gasteiger partial charge in [-0.05, 0) is 65.4 Å². The van der Waals surface area contributed by atoms with Crippen molar-refractivity contribution in [3.05, 3.63) is 16.0 Å². The summed E-state index contributed by atoms with van der Waals surface area (Å²) in [5, 5.41) is 6.45. The van der Waals surface area contributed by atoms with Crippen molar-refractivity contribution in [2.75, 3.05) is 31.6 Å². The molecule has 0 saturated carbocycles. The standard InChI is InChI=1S/C22H33N3O5S/c1-5-29-20(27)18-15-7-6-8-16(15)31-19(18)24-17(26)13-25-11-9-14(10-12-25)23-21(28)30-22(2,3)4/h14H,5-13H2,1-4H3,(H,23,28)(H,24,26). The molecule has 1 aromatic rings. The number of alkyl carbamates (subject to hydrolysis) is 1. The summed E-state index contributed by atoms with van der Waals surface area (Å²) in [5.74, 6) is -0.491. The lowest BCUT2D eigenvalue weighted by Crippen LogP contribution is -2.47. The maximum atomic E-state index is 12.7. The van der Waals surface area contributed by atoms with Gasteiger partial charge in [0.25, 0.3) is 0 Å². The van der Waals surface area contributed by atoms with E-state index in [9.17, 15) is 14.4 Å². The van der Waals surface area contributed by atoms with E-state index >= 15 is 0 Å². The van der Waals surface area contributed by atoms with Crippen LogP contribution in [0.1, 0.15) is 67.8 Å². The van der Waals surface area contributed by atoms with Gasteiger partial charge >= 0.3 is 12.1 Å². The average Bonchev–Trinajstić information content (AvgIpc) is 3.22. The number of nitrogens with zero attached hydrogens (tertiary/aromatic N) is 1. The molecule has 0 radical (unpaired) electrons. The summed E-state index contributed by atoms with van der Waals surface area (Å²) in [5.41, 5.74) is 1.05. The molecule has 172 valence electrons. The summed E-state index contributed by atoms with van der Waals surface area (Å²) in [7, 11) is 0. The summed E-state index contributed by atoms with van der Waals surface area (Å²) in [6, 6.07) is 0.0462. The smallest absolute Gasteiger partial charge is 0.407 e. The predicted octanol–water partition coefficient (Wildman–Crippen LogP) is 3.34. The monoisotopic (exact) mass is 451 g/mol. The van der Waals surface area contributed by atoms with E-state index in [4.69, 9.17) is 9.47 Å². The number of esters is 1. The third-order valence-electron chi connectivity index (χ3n) is 5.33. The van der Waals surface area contributed by atoms with Gasteiger partial charge in [0.1, 0.15) is 10.6 Å². The minimum absolute atomic E-state index is 0.0462. The Bertz CT molecular complexity index is 822. The fourth-order valence-electron chi connectivity index (χ4n) is 3.99. The van der Waals surface area contributed by atoms with Crippen LogP contribution in [0.4, 0.5) is 9.80 Å². The lowest BCUT2D eigenvalue weighted by atomic mass is 10.1. The van der Waals surface area contributed by atoms with Gasteiger partial charge in [-0.2, -0.15) is 0 Å². The van der Waals surface area contributed by atoms with Crippen molar-refractivity contribution in [1.82, 2.24) is 10.2 Å². The number of carbonyl (C=O) groups excluding carboxylic acids is 3. The molecule has 1 fully saturated rings. The second-order valence-corrected chi connectivity index (χ2v) is 10.1. The van der Waals surface area contributed by atoms with Gasteiger partial charge in [0.15, 0.2) is 0 Å². The minimum Gasteiger partial charge on any atom is -0.462 e. The first-order valence-corrected chi connectivity index (χ1v) is 11.8. The van der Waals surface area contributed by atoms with Crippen molar-refractivity contribution in [1.29, 1.82) is 0 Å². The highest BCUT2D eigenvalue weighted by Gasteiger charge is 2.29. The number of hydrogen-bond donors (Lipinski definition) is 2. The second-order valence-electron chi connectivity index (χ2n) is 9.03. The number of ether oxygens (including phenoxy) is 2. The van der Waals surface area contributed by atoms with E-state index in [-0.39, 0.29) is 24.5 Å². The van der Waals surface area contributed by atoms with Crippen LogP contribution < -0.4 is 10.6 Å². The van der Waals surface area contributed by atoms with Crippen LogP contribution in [0.15, 0.2) is 0 Å². The number of thiophene rings is 1. The number of anilines is 1. The van der Waals surface area contributed by atoms with Crippen LogP contribution in [0.2, 0.25) is 0 Å². The first kappa shape index (κ1) is 23.5. The molecule has 1 aliphatic carbocycles. The summed E-state index contributed by atoms with van der Waals surface area (Å²) in [6.07, 6.45) is 3.95. The zero-order valence-corrected chi connectivity index (χ0v) is 19.7. The molecule has 3 rings (SSSR count). The van der Waals surface area contributed by atoms with Crippen molar-refractivity contribution < 1.29 is 23.9 Å². The molecule has 0 spiro atoms. The van der Waals surface area contributed by atoms with E-state index in [2.05, 4.69) is 15.5 Å². The number of piperidine rings is 1. The SMILES string of the molecule is CCOC(=O)c1c(NC(=O)CN2CCC(NC(=O)OC(C)(C)C)CC2)sc2c1CCC2. The van der Waals surface area contributed by atoms with E-state index in [1.165, 1.54) is 16.2 Å². The Kier molecular flexibility index (Phi) is 7.59. The highest BCUT2D eigenvalue weighted by molar-refractivity contribution is 7.17. The fraction of sp³-hybridized carbons (Fsp3) is 0.682. The van der Waals surface area contributed by atoms with Crippen molar-refractivity contribution in [3.8, 4) is 0 Å². The maximum absolute atomic E-state index is 12.7. The van der Waals surface area contributed by atoms with Crippen molar-refractivity contribution in [3.63, 3.8) is 0 Å². The molecule has 1 aliphatic heterocycles. The van der Waals surface area contributed by atoms with Crippen LogP contribution >= 0.6 is 11.3 Å². The highest BCUT2D eigenvalue weighted by Crippen LogP contribution is 2.39. The Morgan fingerprint density at radius 2 is 1.87 bits per heavy atom. The molecular formula is C22H33N3O5S. The largest absolute Gasteiger partial charge is 0.462 e. The summed E-state index contributed by atoms with van der Waals surface area (Å²) >= 11 is 1.49. The van der Waals surface area contributed by atoms with Crippen LogP contribution in [0.25, 0.3) is 0 Å². The number of carbonyl (C=O) groups is 3. The van der Waals surface area contributed by atoms with E-state index in [0.717, 1.165) is 37.7 Å². The second kappa shape index (κ2) is 9.99. The van der Waals surface area contributed by atoms with Crippen molar-refractivity contribution >= 4 is 34.3 Å². The molecule has 2 N–H and O–H groups in total. The van der Waals surface area contributed by atoms with Crippen molar-refractivity contribution in [2.45, 2.75) is 71.4 Å². The first-order chi connectivity index (χ1) is 14.7. The topological polar surface area (TPSA) is 97.0 Å². The zero-order chi connectivity index (χ0) is 22.6. The summed E-state index contributed by atoms with van der Waals surface area (Å²) in [6.45, 7) is 9.27. The molecule has 31 heavy (non-hydrogen) atoms. The van der Waals surface area contributed by atoms with Crippen LogP contribution in [-0.2, 0) is 27.1 Å². The Morgan fingerprint density at radius 3 is 2.52 bits per heavy atom. The van der Waals surface area contributed by atoms with E-state index in [1.54, 1.807) is 6.92 Å². The molecule has 2 heterocycles. The van der Waals surface area contributed by atoms with Crippen LogP contribution in [0.3, 0.4) is 0 Å². The fourth-order valence-corrected chi connectivity index (χ4v) is 5.28. The molecule has 1 aromatic heterocycles. The normalized spacial score (nSPS) is 17.2. The van der Waals surface area contributed by atoms with Crippen LogP contribution in [0.5, 0.6) is 0 Å². The van der Waals surface area contributed by atoms with Gasteiger partial charge in [-0.25, -0.2) is 9.59 Å². The molecule has 8 nitrogen and oxygen atoms in total. The molecule has 9 heteroatoms. The maximum Gasteiger partial charge on any atom is 0.407 e. The lowest BCUT2D eigenvalue weighted by molar-refractivity contribution is -0.117. The van der Waals surface area contributed by atoms with Gasteiger partial charge in [-0.15, -0.1) is 11.3 Å². The summed E-state index contributed by atoms with van der Waals surface area (Å²) < 4.78 is 10.5. The van der Waals surface area contributed by atoms with E-state index in [0.29, 0.717) is 30.3 Å². The third-order valence-corrected chi connectivity index (χ3v) is 6.54. The number of amides is 2. The van der Waals surface area contributed by atoms with Gasteiger partial charge in [0, 0.05) is 24.0 Å². The van der Waals surface area contributed by atoms with Crippen LogP contribution in [0, 0.1) is 0 Å². The summed E-state index contributed by atoms with van der Waals surface area (Å²) in [4.78, 5) is 40.3. The van der Waals surface area contributed by atoms with Crippen molar-refractivity contribution in [2.24, 2.45) is 0 Å². The minimum atomic E-state index is -0.521. The molecule has 2 aliphatic rings. The molecule has 0 bridgehead atoms. The van der Waals surface area contributed by atoms with Gasteiger partial charge < -0.3 is 20.1 Å². The number of rotatable bonds is 6. The molecule has 0 atom stereocenters. The number of fused-ring (bicyclic) bond motifs is 1. The lowest BCUT2D eigenvalue weighted by Gasteiger charge is -2.32. The number of aryl methyl sites for hydroxylation is 1. The van der Waals surface area contributed by atoms with Crippen LogP contribution in [-0.4, -0.2) is 60.8 Å². The van der Waals surface area contributed by atoms with Gasteiger partial charge in [0.05, 0.1) is 18.7 Å².